The molecule has 0 aromatic heterocycles. The van der Waals surface area contributed by atoms with Crippen molar-refractivity contribution in [1.29, 1.82) is 0 Å². The van der Waals surface area contributed by atoms with Crippen LogP contribution in [0.25, 0.3) is 0 Å². The van der Waals surface area contributed by atoms with E-state index in [9.17, 15) is 14.4 Å². The van der Waals surface area contributed by atoms with Gasteiger partial charge in [0.1, 0.15) is 12.6 Å². The highest BCUT2D eigenvalue weighted by atomic mass is 16.4. The number of carboxylic acids is 1. The van der Waals surface area contributed by atoms with E-state index >= 15 is 0 Å². The average molecular weight is 291 g/mol. The number of guanidine groups is 1. The zero-order valence-corrected chi connectivity index (χ0v) is 10.8. The van der Waals surface area contributed by atoms with Crippen LogP contribution >= 0.6 is 0 Å². The first-order valence-corrected chi connectivity index (χ1v) is 5.91. The Labute approximate surface area is 119 Å². The molecule has 1 fully saturated rings. The highest BCUT2D eigenvalue weighted by molar-refractivity contribution is 6.06. The molecule has 1 unspecified atom stereocenters. The number of hydrogen-bond acceptors (Lipinski definition) is 4. The van der Waals surface area contributed by atoms with Gasteiger partial charge in [0.15, 0.2) is 5.96 Å². The second-order valence-electron chi connectivity index (χ2n) is 4.33. The summed E-state index contributed by atoms with van der Waals surface area (Å²) in [5.41, 5.74) is 11.4. The first-order chi connectivity index (χ1) is 9.88. The number of nitrogens with two attached hydrogens (primary N) is 2. The van der Waals surface area contributed by atoms with Gasteiger partial charge in [-0.25, -0.2) is 9.79 Å². The lowest BCUT2D eigenvalue weighted by Gasteiger charge is -2.10. The number of aliphatic imine (C=N–C) groups is 1. The maximum atomic E-state index is 12.1. The molecule has 0 aliphatic carbocycles. The molecule has 9 heteroatoms. The standard InChI is InChI=1S/C12H13N5O4/c13-11(14)15-7-3-1-2-6(4-7)9-10(20)17(5-8(18)19)12(21)16-9/h1-4,9H,5H2,(H,16,21)(H,18,19)(H4,13,14,15). The number of benzene rings is 1. The molecular weight excluding hydrogens is 278 g/mol. The first-order valence-electron chi connectivity index (χ1n) is 5.91. The lowest BCUT2D eigenvalue weighted by molar-refractivity contribution is -0.141. The molecule has 0 spiro atoms. The maximum Gasteiger partial charge on any atom is 0.325 e. The molecule has 1 aromatic carbocycles. The fourth-order valence-corrected chi connectivity index (χ4v) is 1.95. The van der Waals surface area contributed by atoms with Crippen molar-refractivity contribution in [2.24, 2.45) is 16.5 Å². The zero-order chi connectivity index (χ0) is 15.6. The average Bonchev–Trinajstić information content (AvgIpc) is 2.66. The van der Waals surface area contributed by atoms with Crippen LogP contribution in [-0.4, -0.2) is 40.4 Å². The topological polar surface area (TPSA) is 151 Å². The predicted molar refractivity (Wildman–Crippen MR) is 72.5 cm³/mol. The Morgan fingerprint density at radius 2 is 2.10 bits per heavy atom. The summed E-state index contributed by atoms with van der Waals surface area (Å²) in [4.78, 5) is 38.8. The Bertz CT molecular complexity index is 638. The largest absolute Gasteiger partial charge is 0.480 e. The number of imide groups is 1. The monoisotopic (exact) mass is 291 g/mol. The van der Waals surface area contributed by atoms with Gasteiger partial charge >= 0.3 is 12.0 Å². The number of carbonyl (C=O) groups excluding carboxylic acids is 2. The third-order valence-electron chi connectivity index (χ3n) is 2.78. The molecule has 0 bridgehead atoms. The van der Waals surface area contributed by atoms with Gasteiger partial charge < -0.3 is 21.9 Å². The molecule has 2 rings (SSSR count). The molecule has 1 aliphatic rings. The molecule has 0 radical (unpaired) electrons. The number of amides is 3. The van der Waals surface area contributed by atoms with Crippen LogP contribution in [0, 0.1) is 0 Å². The van der Waals surface area contributed by atoms with Crippen molar-refractivity contribution in [1.82, 2.24) is 10.2 Å². The van der Waals surface area contributed by atoms with E-state index in [1.165, 1.54) is 6.07 Å². The summed E-state index contributed by atoms with van der Waals surface area (Å²) in [6, 6.07) is 4.69. The first kappa shape index (κ1) is 14.3. The molecule has 1 atom stereocenters. The summed E-state index contributed by atoms with van der Waals surface area (Å²) in [6.45, 7) is -0.686. The van der Waals surface area contributed by atoms with Crippen molar-refractivity contribution >= 4 is 29.6 Å². The lowest BCUT2D eigenvalue weighted by Crippen LogP contribution is -2.35. The Hall–Kier alpha value is -3.10. The number of carbonyl (C=O) groups is 3. The molecule has 9 nitrogen and oxygen atoms in total. The minimum atomic E-state index is -1.27. The van der Waals surface area contributed by atoms with Gasteiger partial charge in [-0.05, 0) is 17.7 Å². The summed E-state index contributed by atoms with van der Waals surface area (Å²) < 4.78 is 0. The van der Waals surface area contributed by atoms with Crippen LogP contribution in [0.2, 0.25) is 0 Å². The van der Waals surface area contributed by atoms with Crippen molar-refractivity contribution in [3.8, 4) is 0 Å². The summed E-state index contributed by atoms with van der Waals surface area (Å²) in [7, 11) is 0. The van der Waals surface area contributed by atoms with E-state index in [1.807, 2.05) is 0 Å². The molecule has 110 valence electrons. The normalized spacial score (nSPS) is 17.5. The number of carboxylic acid groups (broad SMARTS) is 1. The Morgan fingerprint density at radius 1 is 1.38 bits per heavy atom. The molecule has 21 heavy (non-hydrogen) atoms. The summed E-state index contributed by atoms with van der Waals surface area (Å²) in [5.74, 6) is -2.04. The van der Waals surface area contributed by atoms with Gasteiger partial charge in [-0.2, -0.15) is 0 Å². The number of urea groups is 1. The Balaban J connectivity index is 2.27. The van der Waals surface area contributed by atoms with E-state index in [0.717, 1.165) is 0 Å². The maximum absolute atomic E-state index is 12.1. The molecule has 1 saturated heterocycles. The highest BCUT2D eigenvalue weighted by Crippen LogP contribution is 2.25. The van der Waals surface area contributed by atoms with E-state index in [1.54, 1.807) is 18.2 Å². The third-order valence-corrected chi connectivity index (χ3v) is 2.78. The number of aliphatic carboxylic acids is 1. The number of rotatable bonds is 4. The van der Waals surface area contributed by atoms with Crippen molar-refractivity contribution in [3.63, 3.8) is 0 Å². The van der Waals surface area contributed by atoms with Gasteiger partial charge in [0.05, 0.1) is 5.69 Å². The number of nitrogens with zero attached hydrogens (tertiary/aromatic N) is 2. The van der Waals surface area contributed by atoms with Gasteiger partial charge in [-0.1, -0.05) is 12.1 Å². The van der Waals surface area contributed by atoms with E-state index < -0.39 is 30.5 Å². The van der Waals surface area contributed by atoms with Crippen LogP contribution < -0.4 is 16.8 Å². The summed E-state index contributed by atoms with van der Waals surface area (Å²) in [6.07, 6.45) is 0. The fraction of sp³-hybridized carbons (Fsp3) is 0.167. The highest BCUT2D eigenvalue weighted by Gasteiger charge is 2.39. The molecular formula is C12H13N5O4. The molecule has 1 aliphatic heterocycles. The van der Waals surface area contributed by atoms with Gasteiger partial charge in [0.2, 0.25) is 0 Å². The van der Waals surface area contributed by atoms with Gasteiger partial charge in [-0.3, -0.25) is 14.5 Å². The van der Waals surface area contributed by atoms with Crippen LogP contribution in [-0.2, 0) is 9.59 Å². The second kappa shape index (κ2) is 5.49. The van der Waals surface area contributed by atoms with Crippen LogP contribution in [0.4, 0.5) is 10.5 Å². The second-order valence-corrected chi connectivity index (χ2v) is 4.33. The van der Waals surface area contributed by atoms with E-state index in [0.29, 0.717) is 16.2 Å². The molecule has 6 N–H and O–H groups in total. The Kier molecular flexibility index (Phi) is 3.74. The van der Waals surface area contributed by atoms with Crippen LogP contribution in [0.15, 0.2) is 29.3 Å². The molecule has 1 heterocycles. The van der Waals surface area contributed by atoms with Crippen molar-refractivity contribution in [2.75, 3.05) is 6.54 Å². The molecule has 0 saturated carbocycles. The van der Waals surface area contributed by atoms with Crippen LogP contribution in [0.1, 0.15) is 11.6 Å². The third kappa shape index (κ3) is 3.08. The lowest BCUT2D eigenvalue weighted by atomic mass is 10.1. The van der Waals surface area contributed by atoms with E-state index in [4.69, 9.17) is 16.6 Å². The number of hydrogen-bond donors (Lipinski definition) is 4. The fourth-order valence-electron chi connectivity index (χ4n) is 1.95. The molecule has 1 aromatic rings. The van der Waals surface area contributed by atoms with Gasteiger partial charge in [0, 0.05) is 0 Å². The van der Waals surface area contributed by atoms with Gasteiger partial charge in [-0.15, -0.1) is 0 Å². The van der Waals surface area contributed by atoms with Crippen molar-refractivity contribution in [3.05, 3.63) is 29.8 Å². The minimum Gasteiger partial charge on any atom is -0.480 e. The zero-order valence-electron chi connectivity index (χ0n) is 10.8. The van der Waals surface area contributed by atoms with E-state index in [-0.39, 0.29) is 5.96 Å². The Morgan fingerprint density at radius 3 is 2.71 bits per heavy atom. The predicted octanol–water partition coefficient (Wildman–Crippen LogP) is -0.731. The summed E-state index contributed by atoms with van der Waals surface area (Å²) in [5, 5.41) is 11.1. The van der Waals surface area contributed by atoms with Gasteiger partial charge in [0.25, 0.3) is 5.91 Å². The summed E-state index contributed by atoms with van der Waals surface area (Å²) >= 11 is 0. The quantitative estimate of drug-likeness (QED) is 0.326. The minimum absolute atomic E-state index is 0.138. The van der Waals surface area contributed by atoms with Crippen molar-refractivity contribution < 1.29 is 19.5 Å². The van der Waals surface area contributed by atoms with Crippen LogP contribution in [0.5, 0.6) is 0 Å². The number of nitrogens with one attached hydrogen (secondary N) is 1. The van der Waals surface area contributed by atoms with Crippen LogP contribution in [0.3, 0.4) is 0 Å². The van der Waals surface area contributed by atoms with E-state index in [2.05, 4.69) is 10.3 Å². The SMILES string of the molecule is NC(N)=Nc1cccc(C2NC(=O)N(CC(=O)O)C2=O)c1. The van der Waals surface area contributed by atoms with Crippen molar-refractivity contribution in [2.45, 2.75) is 6.04 Å². The molecule has 3 amide bonds. The smallest absolute Gasteiger partial charge is 0.325 e.